The number of phenols is 1. The number of nitrogens with one attached hydrogen (secondary N) is 1. The maximum atomic E-state index is 11.7. The number of aromatic hydroxyl groups is 1. The molecule has 2 aromatic rings. The minimum Gasteiger partial charge on any atom is -0.507 e. The average molecular weight is 440 g/mol. The van der Waals surface area contributed by atoms with E-state index in [2.05, 4.69) is 5.32 Å². The zero-order chi connectivity index (χ0) is 22.3. The molecule has 1 saturated heterocycles. The molecule has 0 radical (unpaired) electrons. The molecule has 2 aliphatic rings. The highest BCUT2D eigenvalue weighted by Crippen LogP contribution is 2.43. The number of ether oxygens (including phenoxy) is 2. The van der Waals surface area contributed by atoms with Gasteiger partial charge in [-0.2, -0.15) is 0 Å². The van der Waals surface area contributed by atoms with Crippen molar-refractivity contribution in [1.29, 1.82) is 0 Å². The third kappa shape index (κ3) is 4.14. The summed E-state index contributed by atoms with van der Waals surface area (Å²) < 4.78 is 12.4. The van der Waals surface area contributed by atoms with E-state index in [4.69, 9.17) is 9.47 Å². The Morgan fingerprint density at radius 3 is 2.52 bits per heavy atom. The summed E-state index contributed by atoms with van der Waals surface area (Å²) >= 11 is 0.898. The van der Waals surface area contributed by atoms with E-state index in [1.807, 2.05) is 52.0 Å². The van der Waals surface area contributed by atoms with Crippen molar-refractivity contribution in [3.8, 4) is 17.2 Å². The molecule has 162 valence electrons. The molecule has 1 fully saturated rings. The fraction of sp³-hybridized carbons (Fsp3) is 0.333. The van der Waals surface area contributed by atoms with E-state index >= 15 is 0 Å². The Labute approximate surface area is 185 Å². The van der Waals surface area contributed by atoms with Crippen molar-refractivity contribution in [3.63, 3.8) is 0 Å². The minimum absolute atomic E-state index is 0.352. The summed E-state index contributed by atoms with van der Waals surface area (Å²) in [5, 5.41) is 12.2. The van der Waals surface area contributed by atoms with Gasteiger partial charge in [-0.25, -0.2) is 0 Å². The fourth-order valence-corrected chi connectivity index (χ4v) is 4.55. The zero-order valence-corrected chi connectivity index (χ0v) is 18.8. The van der Waals surface area contributed by atoms with Crippen molar-refractivity contribution in [2.75, 3.05) is 6.61 Å². The molecule has 0 aromatic heterocycles. The van der Waals surface area contributed by atoms with Gasteiger partial charge in [-0.3, -0.25) is 14.9 Å². The van der Waals surface area contributed by atoms with Crippen LogP contribution in [0.1, 0.15) is 41.2 Å². The number of carbonyl (C=O) groups excluding carboxylic acids is 2. The average Bonchev–Trinajstić information content (AvgIpc) is 3.06. The number of rotatable bonds is 4. The SMILES string of the molecule is Cc1c(C)c2c(c(C)c1O)CC[C@@](C)(COc1ccc(C=C3SC(=O)NC3=O)cc1)O2. The Bertz CT molecular complexity index is 1110. The van der Waals surface area contributed by atoms with Crippen LogP contribution in [-0.2, 0) is 11.2 Å². The first kappa shape index (κ1) is 21.3. The van der Waals surface area contributed by atoms with Gasteiger partial charge in [0.1, 0.15) is 29.5 Å². The standard InChI is InChI=1S/C24H25NO5S/c1-13-14(2)21-18(15(3)20(13)26)9-10-24(4,30-21)12-29-17-7-5-16(6-8-17)11-19-22(27)25-23(28)31-19/h5-8,11,26H,9-10,12H2,1-4H3,(H,25,27,28)/t24-/m0/s1. The summed E-state index contributed by atoms with van der Waals surface area (Å²) in [4.78, 5) is 23.3. The van der Waals surface area contributed by atoms with E-state index in [-0.39, 0.29) is 11.1 Å². The van der Waals surface area contributed by atoms with Crippen LogP contribution in [0.5, 0.6) is 17.2 Å². The summed E-state index contributed by atoms with van der Waals surface area (Å²) in [6.07, 6.45) is 3.29. The number of hydrogen-bond donors (Lipinski definition) is 2. The fourth-order valence-electron chi connectivity index (χ4n) is 3.87. The molecule has 0 spiro atoms. The number of benzene rings is 2. The molecule has 0 aliphatic carbocycles. The van der Waals surface area contributed by atoms with E-state index in [1.165, 1.54) is 0 Å². The van der Waals surface area contributed by atoms with Gasteiger partial charge < -0.3 is 14.6 Å². The van der Waals surface area contributed by atoms with Gasteiger partial charge in [-0.05, 0) is 92.8 Å². The minimum atomic E-state index is -0.479. The molecule has 2 N–H and O–H groups in total. The molecule has 6 nitrogen and oxygen atoms in total. The molecule has 0 saturated carbocycles. The van der Waals surface area contributed by atoms with Crippen molar-refractivity contribution in [1.82, 2.24) is 5.32 Å². The molecule has 7 heteroatoms. The number of phenolic OH excluding ortho intramolecular Hbond substituents is 1. The first-order valence-electron chi connectivity index (χ1n) is 10.2. The van der Waals surface area contributed by atoms with Crippen molar-refractivity contribution in [2.24, 2.45) is 0 Å². The van der Waals surface area contributed by atoms with Gasteiger partial charge in [0, 0.05) is 5.56 Å². The number of hydrogen-bond acceptors (Lipinski definition) is 6. The Balaban J connectivity index is 1.45. The lowest BCUT2D eigenvalue weighted by atomic mass is 9.87. The van der Waals surface area contributed by atoms with Crippen LogP contribution >= 0.6 is 11.8 Å². The second kappa shape index (κ2) is 7.96. The third-order valence-corrected chi connectivity index (χ3v) is 6.77. The largest absolute Gasteiger partial charge is 0.507 e. The Morgan fingerprint density at radius 1 is 1.16 bits per heavy atom. The monoisotopic (exact) mass is 439 g/mol. The molecular weight excluding hydrogens is 414 g/mol. The van der Waals surface area contributed by atoms with Crippen molar-refractivity contribution in [3.05, 3.63) is 57.0 Å². The van der Waals surface area contributed by atoms with Crippen LogP contribution in [0.25, 0.3) is 6.08 Å². The molecule has 0 bridgehead atoms. The lowest BCUT2D eigenvalue weighted by Gasteiger charge is -2.37. The third-order valence-electron chi connectivity index (χ3n) is 5.96. The molecule has 31 heavy (non-hydrogen) atoms. The second-order valence-corrected chi connectivity index (χ2v) is 9.31. The van der Waals surface area contributed by atoms with Crippen LogP contribution in [-0.4, -0.2) is 28.5 Å². The smallest absolute Gasteiger partial charge is 0.290 e. The topological polar surface area (TPSA) is 84.9 Å². The van der Waals surface area contributed by atoms with Gasteiger partial charge in [0.2, 0.25) is 0 Å². The van der Waals surface area contributed by atoms with Gasteiger partial charge in [0.15, 0.2) is 0 Å². The van der Waals surface area contributed by atoms with Crippen molar-refractivity contribution in [2.45, 2.75) is 46.1 Å². The van der Waals surface area contributed by atoms with Crippen LogP contribution in [0.2, 0.25) is 0 Å². The molecule has 2 heterocycles. The summed E-state index contributed by atoms with van der Waals surface area (Å²) in [5.74, 6) is 1.54. The van der Waals surface area contributed by atoms with E-state index in [9.17, 15) is 14.7 Å². The van der Waals surface area contributed by atoms with E-state index in [0.29, 0.717) is 23.0 Å². The number of imide groups is 1. The van der Waals surface area contributed by atoms with Crippen molar-refractivity contribution >= 4 is 29.0 Å². The van der Waals surface area contributed by atoms with Gasteiger partial charge in [0.25, 0.3) is 11.1 Å². The van der Waals surface area contributed by atoms with Crippen LogP contribution in [0.4, 0.5) is 4.79 Å². The maximum Gasteiger partial charge on any atom is 0.290 e. The Morgan fingerprint density at radius 2 is 1.87 bits per heavy atom. The normalized spacial score (nSPS) is 21.6. The number of carbonyl (C=O) groups is 2. The van der Waals surface area contributed by atoms with Gasteiger partial charge in [-0.1, -0.05) is 12.1 Å². The predicted octanol–water partition coefficient (Wildman–Crippen LogP) is 4.80. The van der Waals surface area contributed by atoms with Gasteiger partial charge >= 0.3 is 0 Å². The lowest BCUT2D eigenvalue weighted by molar-refractivity contribution is -0.115. The van der Waals surface area contributed by atoms with Crippen LogP contribution < -0.4 is 14.8 Å². The molecule has 4 rings (SSSR count). The highest BCUT2D eigenvalue weighted by atomic mass is 32.2. The summed E-state index contributed by atoms with van der Waals surface area (Å²) in [6, 6.07) is 7.36. The number of amides is 2. The first-order valence-corrected chi connectivity index (χ1v) is 11.0. The van der Waals surface area contributed by atoms with Crippen LogP contribution in [0.15, 0.2) is 29.2 Å². The predicted molar refractivity (Wildman–Crippen MR) is 121 cm³/mol. The zero-order valence-electron chi connectivity index (χ0n) is 18.0. The Hall–Kier alpha value is -2.93. The number of thioether (sulfide) groups is 1. The molecular formula is C24H25NO5S. The van der Waals surface area contributed by atoms with E-state index < -0.39 is 5.60 Å². The number of fused-ring (bicyclic) bond motifs is 1. The maximum absolute atomic E-state index is 11.7. The molecule has 2 aromatic carbocycles. The van der Waals surface area contributed by atoms with Gasteiger partial charge in [0.05, 0.1) is 4.91 Å². The highest BCUT2D eigenvalue weighted by Gasteiger charge is 2.35. The molecule has 2 amide bonds. The second-order valence-electron chi connectivity index (χ2n) is 8.29. The van der Waals surface area contributed by atoms with Crippen LogP contribution in [0, 0.1) is 20.8 Å². The summed E-state index contributed by atoms with van der Waals surface area (Å²) in [6.45, 7) is 8.24. The molecule has 0 unspecified atom stereocenters. The molecule has 1 atom stereocenters. The summed E-state index contributed by atoms with van der Waals surface area (Å²) in [7, 11) is 0. The molecule has 2 aliphatic heterocycles. The summed E-state index contributed by atoms with van der Waals surface area (Å²) in [5.41, 5.74) is 4.11. The van der Waals surface area contributed by atoms with E-state index in [1.54, 1.807) is 6.08 Å². The Kier molecular flexibility index (Phi) is 5.47. The first-order chi connectivity index (χ1) is 14.7. The van der Waals surface area contributed by atoms with Crippen LogP contribution in [0.3, 0.4) is 0 Å². The highest BCUT2D eigenvalue weighted by molar-refractivity contribution is 8.18. The lowest BCUT2D eigenvalue weighted by Crippen LogP contribution is -2.42. The van der Waals surface area contributed by atoms with E-state index in [0.717, 1.165) is 58.2 Å². The van der Waals surface area contributed by atoms with Gasteiger partial charge in [-0.15, -0.1) is 0 Å². The quantitative estimate of drug-likeness (QED) is 0.666. The van der Waals surface area contributed by atoms with Crippen molar-refractivity contribution < 1.29 is 24.2 Å².